The minimum Gasteiger partial charge on any atom is -0.103 e. The van der Waals surface area contributed by atoms with Gasteiger partial charge in [0.25, 0.3) is 0 Å². The molecule has 1 aliphatic carbocycles. The van der Waals surface area contributed by atoms with Gasteiger partial charge < -0.3 is 0 Å². The molecule has 1 rings (SSSR count). The normalized spacial score (nSPS) is 35.6. The van der Waals surface area contributed by atoms with Crippen molar-refractivity contribution in [2.75, 3.05) is 0 Å². The van der Waals surface area contributed by atoms with Gasteiger partial charge in [0.1, 0.15) is 0 Å². The molecule has 0 heterocycles. The van der Waals surface area contributed by atoms with Crippen molar-refractivity contribution in [1.29, 1.82) is 0 Å². The summed E-state index contributed by atoms with van der Waals surface area (Å²) in [5, 5.41) is 0. The lowest BCUT2D eigenvalue weighted by molar-refractivity contribution is 0.229. The SMILES string of the molecule is C=CC(C)(C)C1(C)CC1C(C)CC. The van der Waals surface area contributed by atoms with E-state index in [9.17, 15) is 0 Å². The lowest BCUT2D eigenvalue weighted by atomic mass is 9.74. The van der Waals surface area contributed by atoms with E-state index in [0.717, 1.165) is 11.8 Å². The summed E-state index contributed by atoms with van der Waals surface area (Å²) in [6, 6.07) is 0. The minimum absolute atomic E-state index is 0.307. The van der Waals surface area contributed by atoms with Crippen LogP contribution < -0.4 is 0 Å². The molecule has 76 valence electrons. The van der Waals surface area contributed by atoms with Crippen molar-refractivity contribution in [1.82, 2.24) is 0 Å². The maximum atomic E-state index is 3.96. The molecule has 0 saturated heterocycles. The molecule has 1 aliphatic rings. The molecule has 0 bridgehead atoms. The van der Waals surface area contributed by atoms with E-state index in [2.05, 4.69) is 47.3 Å². The Morgan fingerprint density at radius 3 is 2.54 bits per heavy atom. The molecule has 1 fully saturated rings. The monoisotopic (exact) mass is 180 g/mol. The van der Waals surface area contributed by atoms with Crippen molar-refractivity contribution in [3.63, 3.8) is 0 Å². The van der Waals surface area contributed by atoms with Gasteiger partial charge >= 0.3 is 0 Å². The Balaban J connectivity index is 2.69. The molecule has 1 saturated carbocycles. The Kier molecular flexibility index (Phi) is 2.62. The zero-order valence-corrected chi connectivity index (χ0v) is 9.85. The summed E-state index contributed by atoms with van der Waals surface area (Å²) in [4.78, 5) is 0. The van der Waals surface area contributed by atoms with Crippen LogP contribution in [0.1, 0.15) is 47.5 Å². The number of hydrogen-bond acceptors (Lipinski definition) is 0. The highest BCUT2D eigenvalue weighted by atomic mass is 14.6. The van der Waals surface area contributed by atoms with E-state index < -0.39 is 0 Å². The maximum absolute atomic E-state index is 3.96. The van der Waals surface area contributed by atoms with Crippen molar-refractivity contribution in [2.24, 2.45) is 22.7 Å². The molecule has 0 nitrogen and oxygen atoms in total. The van der Waals surface area contributed by atoms with E-state index in [0.29, 0.717) is 10.8 Å². The van der Waals surface area contributed by atoms with Gasteiger partial charge in [-0.3, -0.25) is 0 Å². The van der Waals surface area contributed by atoms with Crippen LogP contribution >= 0.6 is 0 Å². The quantitative estimate of drug-likeness (QED) is 0.567. The average Bonchev–Trinajstić information content (AvgIpc) is 2.78. The summed E-state index contributed by atoms with van der Waals surface area (Å²) >= 11 is 0. The van der Waals surface area contributed by atoms with E-state index in [-0.39, 0.29) is 0 Å². The Morgan fingerprint density at radius 2 is 2.15 bits per heavy atom. The van der Waals surface area contributed by atoms with Crippen LogP contribution in [-0.4, -0.2) is 0 Å². The van der Waals surface area contributed by atoms with E-state index >= 15 is 0 Å². The fourth-order valence-corrected chi connectivity index (χ4v) is 2.49. The highest BCUT2D eigenvalue weighted by Crippen LogP contribution is 2.66. The van der Waals surface area contributed by atoms with E-state index in [4.69, 9.17) is 0 Å². The second kappa shape index (κ2) is 3.15. The van der Waals surface area contributed by atoms with Gasteiger partial charge in [0.2, 0.25) is 0 Å². The van der Waals surface area contributed by atoms with Gasteiger partial charge in [-0.1, -0.05) is 47.1 Å². The van der Waals surface area contributed by atoms with Crippen LogP contribution in [0.4, 0.5) is 0 Å². The Labute approximate surface area is 83.4 Å². The van der Waals surface area contributed by atoms with Crippen molar-refractivity contribution < 1.29 is 0 Å². The summed E-state index contributed by atoms with van der Waals surface area (Å²) in [5.74, 6) is 1.80. The smallest absolute Gasteiger partial charge is 0.0121 e. The maximum Gasteiger partial charge on any atom is -0.0121 e. The van der Waals surface area contributed by atoms with Crippen LogP contribution in [0.2, 0.25) is 0 Å². The molecule has 3 unspecified atom stereocenters. The van der Waals surface area contributed by atoms with Crippen LogP contribution in [0.3, 0.4) is 0 Å². The fraction of sp³-hybridized carbons (Fsp3) is 0.846. The van der Waals surface area contributed by atoms with Gasteiger partial charge in [0, 0.05) is 0 Å². The second-order valence-corrected chi connectivity index (χ2v) is 5.54. The van der Waals surface area contributed by atoms with E-state index in [1.165, 1.54) is 12.8 Å². The number of rotatable bonds is 4. The molecule has 0 heteroatoms. The molecule has 0 amide bonds. The van der Waals surface area contributed by atoms with Crippen LogP contribution in [0.15, 0.2) is 12.7 Å². The summed E-state index contributed by atoms with van der Waals surface area (Å²) in [7, 11) is 0. The average molecular weight is 180 g/mol. The topological polar surface area (TPSA) is 0 Å². The fourth-order valence-electron chi connectivity index (χ4n) is 2.49. The Hall–Kier alpha value is -0.260. The first-order valence-electron chi connectivity index (χ1n) is 5.52. The van der Waals surface area contributed by atoms with Gasteiger partial charge in [-0.15, -0.1) is 6.58 Å². The van der Waals surface area contributed by atoms with Crippen molar-refractivity contribution in [3.05, 3.63) is 12.7 Å². The predicted molar refractivity (Wildman–Crippen MR) is 59.6 cm³/mol. The molecule has 0 aromatic carbocycles. The molecule has 0 aliphatic heterocycles. The highest BCUT2D eigenvalue weighted by molar-refractivity contribution is 5.13. The van der Waals surface area contributed by atoms with Gasteiger partial charge in [0.15, 0.2) is 0 Å². The van der Waals surface area contributed by atoms with E-state index in [1.54, 1.807) is 0 Å². The first-order chi connectivity index (χ1) is 5.89. The molecule has 0 N–H and O–H groups in total. The molecule has 0 aromatic rings. The van der Waals surface area contributed by atoms with Crippen LogP contribution in [0, 0.1) is 22.7 Å². The third-order valence-corrected chi connectivity index (χ3v) is 4.62. The Bertz CT molecular complexity index is 202. The second-order valence-electron chi connectivity index (χ2n) is 5.54. The molecular weight excluding hydrogens is 156 g/mol. The summed E-state index contributed by atoms with van der Waals surface area (Å²) in [6.45, 7) is 15.7. The van der Waals surface area contributed by atoms with Crippen LogP contribution in [0.5, 0.6) is 0 Å². The van der Waals surface area contributed by atoms with Crippen molar-refractivity contribution in [2.45, 2.75) is 47.5 Å². The zero-order chi connectivity index (χ0) is 10.3. The highest BCUT2D eigenvalue weighted by Gasteiger charge is 2.58. The third kappa shape index (κ3) is 1.56. The summed E-state index contributed by atoms with van der Waals surface area (Å²) < 4.78 is 0. The summed E-state index contributed by atoms with van der Waals surface area (Å²) in [5.41, 5.74) is 0.825. The molecular formula is C13H24. The molecule has 0 aromatic heterocycles. The lowest BCUT2D eigenvalue weighted by Gasteiger charge is -2.31. The zero-order valence-electron chi connectivity index (χ0n) is 9.85. The first-order valence-corrected chi connectivity index (χ1v) is 5.52. The number of allylic oxidation sites excluding steroid dienone is 1. The lowest BCUT2D eigenvalue weighted by Crippen LogP contribution is -2.23. The molecule has 0 radical (unpaired) electrons. The first kappa shape index (κ1) is 10.8. The Morgan fingerprint density at radius 1 is 1.62 bits per heavy atom. The van der Waals surface area contributed by atoms with Gasteiger partial charge in [-0.25, -0.2) is 0 Å². The van der Waals surface area contributed by atoms with Gasteiger partial charge in [-0.2, -0.15) is 0 Å². The van der Waals surface area contributed by atoms with Gasteiger partial charge in [0.05, 0.1) is 0 Å². The van der Waals surface area contributed by atoms with E-state index in [1.807, 2.05) is 0 Å². The molecule has 3 atom stereocenters. The van der Waals surface area contributed by atoms with Crippen molar-refractivity contribution >= 4 is 0 Å². The predicted octanol–water partition coefficient (Wildman–Crippen LogP) is 4.27. The van der Waals surface area contributed by atoms with Crippen LogP contribution in [-0.2, 0) is 0 Å². The molecule has 13 heavy (non-hydrogen) atoms. The van der Waals surface area contributed by atoms with Crippen LogP contribution in [0.25, 0.3) is 0 Å². The largest absolute Gasteiger partial charge is 0.103 e. The standard InChI is InChI=1S/C13H24/c1-7-10(3)11-9-13(11,6)12(4,5)8-2/h8,10-11H,2,7,9H2,1,3-6H3. The van der Waals surface area contributed by atoms with Gasteiger partial charge in [-0.05, 0) is 29.1 Å². The third-order valence-electron chi connectivity index (χ3n) is 4.62. The minimum atomic E-state index is 0.307. The molecule has 0 spiro atoms. The van der Waals surface area contributed by atoms with Crippen molar-refractivity contribution in [3.8, 4) is 0 Å². The summed E-state index contributed by atoms with van der Waals surface area (Å²) in [6.07, 6.45) is 4.84. The number of hydrogen-bond donors (Lipinski definition) is 0.